The lowest BCUT2D eigenvalue weighted by atomic mass is 10.1. The number of fused-ring (bicyclic) bond motifs is 2. The first-order chi connectivity index (χ1) is 15.9. The molecule has 1 saturated heterocycles. The van der Waals surface area contributed by atoms with Gasteiger partial charge in [0.1, 0.15) is 18.2 Å². The van der Waals surface area contributed by atoms with Crippen molar-refractivity contribution in [1.82, 2.24) is 34.6 Å². The third kappa shape index (κ3) is 3.25. The van der Waals surface area contributed by atoms with Gasteiger partial charge in [-0.15, -0.1) is 0 Å². The molecule has 0 saturated carbocycles. The second kappa shape index (κ2) is 7.80. The van der Waals surface area contributed by atoms with Crippen LogP contribution in [0.15, 0.2) is 48.4 Å². The lowest BCUT2D eigenvalue weighted by Gasteiger charge is -2.44. The summed E-state index contributed by atoms with van der Waals surface area (Å²) < 4.78 is 1.51. The maximum Gasteiger partial charge on any atom is 0.284 e. The van der Waals surface area contributed by atoms with Crippen LogP contribution >= 0.6 is 0 Å². The number of piperazine rings is 1. The third-order valence-corrected chi connectivity index (χ3v) is 6.28. The fourth-order valence-electron chi connectivity index (χ4n) is 4.57. The number of H-pyrrole nitrogens is 1. The largest absolute Gasteiger partial charge is 0.348 e. The number of aromatic amines is 1. The van der Waals surface area contributed by atoms with Crippen LogP contribution in [0.4, 0.5) is 5.82 Å². The number of hydrogen-bond donors (Lipinski definition) is 1. The highest BCUT2D eigenvalue weighted by Crippen LogP contribution is 2.27. The zero-order chi connectivity index (χ0) is 23.3. The van der Waals surface area contributed by atoms with Crippen molar-refractivity contribution in [3.63, 3.8) is 0 Å². The number of amides is 1. The van der Waals surface area contributed by atoms with Gasteiger partial charge >= 0.3 is 0 Å². The van der Waals surface area contributed by atoms with E-state index in [-0.39, 0.29) is 29.1 Å². The van der Waals surface area contributed by atoms with Gasteiger partial charge in [0.05, 0.1) is 17.4 Å². The molecule has 4 aromatic rings. The molecular formula is C23H24N8O2. The molecule has 1 aromatic carbocycles. The maximum absolute atomic E-state index is 13.5. The molecule has 0 spiro atoms. The van der Waals surface area contributed by atoms with Crippen LogP contribution in [0.1, 0.15) is 19.4 Å². The minimum absolute atomic E-state index is 0.0191. The molecule has 0 aliphatic carbocycles. The molecule has 0 radical (unpaired) electrons. The van der Waals surface area contributed by atoms with Gasteiger partial charge in [-0.3, -0.25) is 19.3 Å². The van der Waals surface area contributed by atoms with Gasteiger partial charge in [-0.1, -0.05) is 12.6 Å². The number of aryl methyl sites for hydroxylation is 1. The van der Waals surface area contributed by atoms with Crippen LogP contribution in [0.2, 0.25) is 0 Å². The summed E-state index contributed by atoms with van der Waals surface area (Å²) in [6, 6.07) is 3.80. The van der Waals surface area contributed by atoms with Gasteiger partial charge in [0, 0.05) is 30.6 Å². The molecular weight excluding hydrogens is 420 g/mol. The van der Waals surface area contributed by atoms with E-state index >= 15 is 0 Å². The lowest BCUT2D eigenvalue weighted by molar-refractivity contribution is -0.128. The van der Waals surface area contributed by atoms with Gasteiger partial charge in [-0.25, -0.2) is 15.0 Å². The van der Waals surface area contributed by atoms with Crippen molar-refractivity contribution in [2.24, 2.45) is 0 Å². The fraction of sp³-hybridized carbons (Fsp3) is 0.304. The van der Waals surface area contributed by atoms with Gasteiger partial charge in [0.2, 0.25) is 5.91 Å². The average molecular weight is 444 g/mol. The normalized spacial score (nSPS) is 18.8. The van der Waals surface area contributed by atoms with Crippen LogP contribution in [0.25, 0.3) is 27.6 Å². The van der Waals surface area contributed by atoms with E-state index in [9.17, 15) is 9.59 Å². The number of aromatic nitrogens is 6. The number of anilines is 1. The summed E-state index contributed by atoms with van der Waals surface area (Å²) in [6.45, 7) is 10.6. The first-order valence-electron chi connectivity index (χ1n) is 10.8. The summed E-state index contributed by atoms with van der Waals surface area (Å²) in [4.78, 5) is 43.0. The summed E-state index contributed by atoms with van der Waals surface area (Å²) >= 11 is 0. The minimum Gasteiger partial charge on any atom is -0.348 e. The molecule has 1 amide bonds. The second-order valence-electron chi connectivity index (χ2n) is 8.42. The molecule has 168 valence electrons. The standard InChI is InChI=1S/C23H24N8O2/c1-5-18(32)29-9-15(4)30(10-14(29)3)22-19-20(24-11-25-22)23(33)31(12-26-19)21-13(2)6-7-17-16(21)8-27-28-17/h5-8,11-12,14-15H,1,9-10H2,2-4H3,(H,27,28)/t14-,15+/m1/s1. The Balaban J connectivity index is 1.62. The van der Waals surface area contributed by atoms with Crippen LogP contribution < -0.4 is 10.5 Å². The number of carbonyl (C=O) groups is 1. The molecule has 1 aliphatic rings. The highest BCUT2D eigenvalue weighted by molar-refractivity contribution is 5.90. The number of nitrogens with one attached hydrogen (secondary N) is 1. The van der Waals surface area contributed by atoms with Gasteiger partial charge in [-0.05, 0) is 38.5 Å². The molecule has 0 bridgehead atoms. The quantitative estimate of drug-likeness (QED) is 0.481. The van der Waals surface area contributed by atoms with Crippen LogP contribution in [-0.4, -0.2) is 65.7 Å². The van der Waals surface area contributed by atoms with Crippen LogP contribution in [0, 0.1) is 6.92 Å². The fourth-order valence-corrected chi connectivity index (χ4v) is 4.57. The first-order valence-corrected chi connectivity index (χ1v) is 10.8. The van der Waals surface area contributed by atoms with Gasteiger partial charge in [-0.2, -0.15) is 5.10 Å². The van der Waals surface area contributed by atoms with Crippen molar-refractivity contribution in [1.29, 1.82) is 0 Å². The van der Waals surface area contributed by atoms with Crippen molar-refractivity contribution >= 4 is 33.7 Å². The van der Waals surface area contributed by atoms with Crippen molar-refractivity contribution in [3.8, 4) is 5.69 Å². The topological polar surface area (TPSA) is 113 Å². The summed E-state index contributed by atoms with van der Waals surface area (Å²) in [6.07, 6.45) is 5.96. The van der Waals surface area contributed by atoms with E-state index < -0.39 is 0 Å². The zero-order valence-electron chi connectivity index (χ0n) is 18.7. The molecule has 33 heavy (non-hydrogen) atoms. The predicted octanol–water partition coefficient (Wildman–Crippen LogP) is 1.97. The predicted molar refractivity (Wildman–Crippen MR) is 125 cm³/mol. The first kappa shape index (κ1) is 20.8. The van der Waals surface area contributed by atoms with E-state index in [1.807, 2.05) is 32.9 Å². The second-order valence-corrected chi connectivity index (χ2v) is 8.42. The maximum atomic E-state index is 13.5. The third-order valence-electron chi connectivity index (χ3n) is 6.28. The summed E-state index contributed by atoms with van der Waals surface area (Å²) in [5, 5.41) is 7.88. The van der Waals surface area contributed by atoms with E-state index in [4.69, 9.17) is 0 Å². The number of nitrogens with zero attached hydrogens (tertiary/aromatic N) is 7. The van der Waals surface area contributed by atoms with Crippen LogP contribution in [0.5, 0.6) is 0 Å². The van der Waals surface area contributed by atoms with Gasteiger partial charge in [0.25, 0.3) is 5.56 Å². The number of hydrogen-bond acceptors (Lipinski definition) is 7. The highest BCUT2D eigenvalue weighted by atomic mass is 16.2. The van der Waals surface area contributed by atoms with E-state index in [1.165, 1.54) is 23.3 Å². The van der Waals surface area contributed by atoms with Gasteiger partial charge < -0.3 is 9.80 Å². The molecule has 1 N–H and O–H groups in total. The molecule has 10 nitrogen and oxygen atoms in total. The van der Waals surface area contributed by atoms with E-state index in [1.54, 1.807) is 11.1 Å². The Hall–Kier alpha value is -4.08. The Morgan fingerprint density at radius 1 is 1.15 bits per heavy atom. The molecule has 0 unspecified atom stereocenters. The Morgan fingerprint density at radius 2 is 1.97 bits per heavy atom. The Kier molecular flexibility index (Phi) is 4.92. The molecule has 1 aliphatic heterocycles. The van der Waals surface area contributed by atoms with Gasteiger partial charge in [0.15, 0.2) is 11.3 Å². The zero-order valence-corrected chi connectivity index (χ0v) is 18.7. The van der Waals surface area contributed by atoms with E-state index in [2.05, 4.69) is 36.6 Å². The van der Waals surface area contributed by atoms with Crippen LogP contribution in [-0.2, 0) is 4.79 Å². The number of rotatable bonds is 3. The molecule has 5 rings (SSSR count). The molecule has 1 fully saturated rings. The summed E-state index contributed by atoms with van der Waals surface area (Å²) in [5.41, 5.74) is 2.89. The molecule has 2 atom stereocenters. The molecule has 3 aromatic heterocycles. The Labute approximate surface area is 189 Å². The minimum atomic E-state index is -0.276. The highest BCUT2D eigenvalue weighted by Gasteiger charge is 2.33. The Bertz CT molecular complexity index is 1460. The number of benzene rings is 1. The smallest absolute Gasteiger partial charge is 0.284 e. The van der Waals surface area contributed by atoms with Crippen LogP contribution in [0.3, 0.4) is 0 Å². The summed E-state index contributed by atoms with van der Waals surface area (Å²) in [7, 11) is 0. The Morgan fingerprint density at radius 3 is 2.76 bits per heavy atom. The van der Waals surface area contributed by atoms with Crippen molar-refractivity contribution in [2.75, 3.05) is 18.0 Å². The van der Waals surface area contributed by atoms with E-state index in [0.29, 0.717) is 24.4 Å². The average Bonchev–Trinajstić information content (AvgIpc) is 3.29. The summed E-state index contributed by atoms with van der Waals surface area (Å²) in [5.74, 6) is 0.499. The van der Waals surface area contributed by atoms with Crippen molar-refractivity contribution < 1.29 is 4.79 Å². The SMILES string of the molecule is C=CC(=O)N1C[C@H](C)N(c2ncnc3c(=O)n(-c4c(C)ccc5[nH]ncc45)cnc23)C[C@H]1C. The monoisotopic (exact) mass is 444 g/mol. The number of carbonyl (C=O) groups excluding carboxylic acids is 1. The van der Waals surface area contributed by atoms with Crippen molar-refractivity contribution in [3.05, 3.63) is 59.6 Å². The van der Waals surface area contributed by atoms with E-state index in [0.717, 1.165) is 22.2 Å². The molecule has 10 heteroatoms. The van der Waals surface area contributed by atoms with Crippen molar-refractivity contribution in [2.45, 2.75) is 32.9 Å². The lowest BCUT2D eigenvalue weighted by Crippen LogP contribution is -2.58. The molecule has 4 heterocycles.